The van der Waals surface area contributed by atoms with Gasteiger partial charge in [-0.15, -0.1) is 0 Å². The Labute approximate surface area is 120 Å². The molecule has 116 valence electrons. The molecule has 2 heterocycles. The fourth-order valence-electron chi connectivity index (χ4n) is 1.91. The molecule has 0 spiro atoms. The minimum absolute atomic E-state index is 0.0551. The molecule has 1 saturated heterocycles. The lowest BCUT2D eigenvalue weighted by molar-refractivity contribution is -0.141. The van der Waals surface area contributed by atoms with Crippen LogP contribution in [0.1, 0.15) is 5.69 Å². The molecular weight excluding hydrogens is 309 g/mol. The fourth-order valence-corrected chi connectivity index (χ4v) is 2.79. The third kappa shape index (κ3) is 3.50. The van der Waals surface area contributed by atoms with E-state index in [4.69, 9.17) is 0 Å². The molecular formula is C11H13F3N4O2S. The number of sulfonamides is 1. The summed E-state index contributed by atoms with van der Waals surface area (Å²) >= 11 is 0. The van der Waals surface area contributed by atoms with Gasteiger partial charge in [0.25, 0.3) is 0 Å². The minimum atomic E-state index is -4.54. The van der Waals surface area contributed by atoms with Gasteiger partial charge < -0.3 is 4.90 Å². The van der Waals surface area contributed by atoms with Gasteiger partial charge in [-0.1, -0.05) is 6.58 Å². The third-order valence-corrected chi connectivity index (χ3v) is 4.53. The largest absolute Gasteiger partial charge is 0.433 e. The van der Waals surface area contributed by atoms with Crippen molar-refractivity contribution in [3.8, 4) is 0 Å². The smallest absolute Gasteiger partial charge is 0.338 e. The number of halogens is 3. The summed E-state index contributed by atoms with van der Waals surface area (Å²) in [6, 6.07) is 0.794. The van der Waals surface area contributed by atoms with Gasteiger partial charge in [0.05, 0.1) is 0 Å². The fraction of sp³-hybridized carbons (Fsp3) is 0.455. The summed E-state index contributed by atoms with van der Waals surface area (Å²) in [7, 11) is -3.51. The van der Waals surface area contributed by atoms with Gasteiger partial charge in [-0.2, -0.15) is 17.5 Å². The van der Waals surface area contributed by atoms with Crippen molar-refractivity contribution >= 4 is 16.0 Å². The van der Waals surface area contributed by atoms with E-state index in [0.717, 1.165) is 17.7 Å². The van der Waals surface area contributed by atoms with Crippen LogP contribution < -0.4 is 4.90 Å². The molecule has 2 rings (SSSR count). The Morgan fingerprint density at radius 2 is 1.86 bits per heavy atom. The summed E-state index contributed by atoms with van der Waals surface area (Å²) in [5.74, 6) is -0.0551. The number of hydrogen-bond acceptors (Lipinski definition) is 5. The Bertz CT molecular complexity index is 625. The second-order valence-electron chi connectivity index (χ2n) is 4.34. The van der Waals surface area contributed by atoms with Gasteiger partial charge in [-0.3, -0.25) is 0 Å². The quantitative estimate of drug-likeness (QED) is 0.833. The number of rotatable bonds is 3. The van der Waals surface area contributed by atoms with E-state index in [1.165, 1.54) is 9.21 Å². The van der Waals surface area contributed by atoms with E-state index in [9.17, 15) is 21.6 Å². The monoisotopic (exact) mass is 322 g/mol. The molecule has 6 nitrogen and oxygen atoms in total. The highest BCUT2D eigenvalue weighted by Gasteiger charge is 2.34. The average molecular weight is 322 g/mol. The zero-order valence-corrected chi connectivity index (χ0v) is 11.7. The van der Waals surface area contributed by atoms with E-state index in [-0.39, 0.29) is 32.1 Å². The second kappa shape index (κ2) is 5.60. The van der Waals surface area contributed by atoms with Crippen LogP contribution in [-0.2, 0) is 16.2 Å². The van der Waals surface area contributed by atoms with Crippen LogP contribution in [0.4, 0.5) is 19.1 Å². The van der Waals surface area contributed by atoms with Crippen molar-refractivity contribution in [2.75, 3.05) is 31.1 Å². The molecule has 0 atom stereocenters. The number of nitrogens with zero attached hydrogens (tertiary/aromatic N) is 4. The standard InChI is InChI=1S/C11H13F3N4O2S/c1-2-21(19,20)18-7-5-17(6-8-18)10-15-4-3-9(16-10)11(12,13)14/h2-4H,1,5-8H2. The molecule has 10 heteroatoms. The molecule has 21 heavy (non-hydrogen) atoms. The molecule has 1 aliphatic heterocycles. The summed E-state index contributed by atoms with van der Waals surface area (Å²) in [5, 5.41) is 0.851. The van der Waals surface area contributed by atoms with Crippen LogP contribution >= 0.6 is 0 Å². The number of anilines is 1. The lowest BCUT2D eigenvalue weighted by Crippen LogP contribution is -2.48. The van der Waals surface area contributed by atoms with Crippen molar-refractivity contribution in [1.29, 1.82) is 0 Å². The first-order valence-electron chi connectivity index (χ1n) is 6.02. The number of alkyl halides is 3. The topological polar surface area (TPSA) is 66.4 Å². The molecule has 0 saturated carbocycles. The van der Waals surface area contributed by atoms with Crippen LogP contribution in [0.15, 0.2) is 24.3 Å². The Balaban J connectivity index is 2.11. The van der Waals surface area contributed by atoms with E-state index in [1.807, 2.05) is 0 Å². The summed E-state index contributed by atoms with van der Waals surface area (Å²) in [5.41, 5.74) is -1.02. The SMILES string of the molecule is C=CS(=O)(=O)N1CCN(c2nccc(C(F)(F)F)n2)CC1. The summed E-state index contributed by atoms with van der Waals surface area (Å²) in [6.07, 6.45) is -3.50. The van der Waals surface area contributed by atoms with Crippen LogP contribution in [0.3, 0.4) is 0 Å². The summed E-state index contributed by atoms with van der Waals surface area (Å²) in [6.45, 7) is 3.96. The van der Waals surface area contributed by atoms with Crippen molar-refractivity contribution in [1.82, 2.24) is 14.3 Å². The van der Waals surface area contributed by atoms with Gasteiger partial charge in [0.1, 0.15) is 5.69 Å². The van der Waals surface area contributed by atoms with E-state index in [0.29, 0.717) is 0 Å². The molecule has 0 aromatic carbocycles. The number of hydrogen-bond donors (Lipinski definition) is 0. The second-order valence-corrected chi connectivity index (χ2v) is 6.22. The van der Waals surface area contributed by atoms with Gasteiger partial charge in [-0.05, 0) is 6.07 Å². The Hall–Kier alpha value is -1.68. The first kappa shape index (κ1) is 15.7. The molecule has 1 fully saturated rings. The van der Waals surface area contributed by atoms with E-state index >= 15 is 0 Å². The Morgan fingerprint density at radius 1 is 1.24 bits per heavy atom. The predicted octanol–water partition coefficient (Wildman–Crippen LogP) is 1.09. The molecule has 0 aliphatic carbocycles. The highest BCUT2D eigenvalue weighted by molar-refractivity contribution is 7.92. The highest BCUT2D eigenvalue weighted by atomic mass is 32.2. The lowest BCUT2D eigenvalue weighted by atomic mass is 10.3. The predicted molar refractivity (Wildman–Crippen MR) is 69.9 cm³/mol. The molecule has 1 aromatic rings. The van der Waals surface area contributed by atoms with Gasteiger partial charge in [0.2, 0.25) is 16.0 Å². The van der Waals surface area contributed by atoms with Gasteiger partial charge >= 0.3 is 6.18 Å². The van der Waals surface area contributed by atoms with E-state index in [2.05, 4.69) is 16.5 Å². The number of piperazine rings is 1. The van der Waals surface area contributed by atoms with Crippen LogP contribution in [0.2, 0.25) is 0 Å². The molecule has 0 radical (unpaired) electrons. The maximum atomic E-state index is 12.6. The van der Waals surface area contributed by atoms with Gasteiger partial charge in [0.15, 0.2) is 0 Å². The molecule has 0 unspecified atom stereocenters. The highest BCUT2D eigenvalue weighted by Crippen LogP contribution is 2.28. The molecule has 0 amide bonds. The van der Waals surface area contributed by atoms with Crippen molar-refractivity contribution in [3.05, 3.63) is 29.9 Å². The zero-order valence-electron chi connectivity index (χ0n) is 10.9. The Morgan fingerprint density at radius 3 is 2.38 bits per heavy atom. The third-order valence-electron chi connectivity index (χ3n) is 3.03. The molecule has 0 N–H and O–H groups in total. The molecule has 1 aliphatic rings. The van der Waals surface area contributed by atoms with Crippen LogP contribution in [0.5, 0.6) is 0 Å². The lowest BCUT2D eigenvalue weighted by Gasteiger charge is -2.33. The van der Waals surface area contributed by atoms with E-state index < -0.39 is 21.9 Å². The van der Waals surface area contributed by atoms with Crippen LogP contribution in [0, 0.1) is 0 Å². The average Bonchev–Trinajstić information content (AvgIpc) is 2.47. The number of aromatic nitrogens is 2. The normalized spacial score (nSPS) is 17.8. The van der Waals surface area contributed by atoms with Crippen LogP contribution in [0.25, 0.3) is 0 Å². The first-order chi connectivity index (χ1) is 9.74. The van der Waals surface area contributed by atoms with Crippen LogP contribution in [-0.4, -0.2) is 48.9 Å². The summed E-state index contributed by atoms with van der Waals surface area (Å²) in [4.78, 5) is 8.81. The van der Waals surface area contributed by atoms with Crippen molar-refractivity contribution in [2.45, 2.75) is 6.18 Å². The maximum absolute atomic E-state index is 12.6. The molecule has 1 aromatic heterocycles. The van der Waals surface area contributed by atoms with Gasteiger partial charge in [0, 0.05) is 37.8 Å². The first-order valence-corrected chi connectivity index (χ1v) is 7.52. The maximum Gasteiger partial charge on any atom is 0.433 e. The molecule has 0 bridgehead atoms. The Kier molecular flexibility index (Phi) is 4.19. The van der Waals surface area contributed by atoms with Crippen molar-refractivity contribution in [3.63, 3.8) is 0 Å². The van der Waals surface area contributed by atoms with E-state index in [1.54, 1.807) is 0 Å². The van der Waals surface area contributed by atoms with Crippen molar-refractivity contribution in [2.24, 2.45) is 0 Å². The van der Waals surface area contributed by atoms with Crippen molar-refractivity contribution < 1.29 is 21.6 Å². The zero-order chi connectivity index (χ0) is 15.7. The van der Waals surface area contributed by atoms with Gasteiger partial charge in [-0.25, -0.2) is 18.4 Å². The minimum Gasteiger partial charge on any atom is -0.338 e. The summed E-state index contributed by atoms with van der Waals surface area (Å²) < 4.78 is 62.2.